The van der Waals surface area contributed by atoms with Crippen molar-refractivity contribution in [3.8, 4) is 6.07 Å². The molecule has 3 unspecified atom stereocenters. The van der Waals surface area contributed by atoms with Gasteiger partial charge in [0.05, 0.1) is 25.2 Å². The van der Waals surface area contributed by atoms with Crippen LogP contribution in [0.5, 0.6) is 0 Å². The monoisotopic (exact) mass is 445 g/mol. The highest BCUT2D eigenvalue weighted by molar-refractivity contribution is 5.88. The molecule has 11 heteroatoms. The largest absolute Gasteiger partial charge is 0.401 e. The quantitative estimate of drug-likeness (QED) is 0.446. The molecule has 2 rings (SSSR count). The van der Waals surface area contributed by atoms with Crippen LogP contribution in [0.15, 0.2) is 0 Å². The lowest BCUT2D eigenvalue weighted by molar-refractivity contribution is -0.136. The predicted octanol–water partition coefficient (Wildman–Crippen LogP) is 1.13. The van der Waals surface area contributed by atoms with Gasteiger partial charge < -0.3 is 16.0 Å². The zero-order valence-corrected chi connectivity index (χ0v) is 18.0. The molecule has 3 amide bonds. The Labute approximate surface area is 179 Å². The van der Waals surface area contributed by atoms with Gasteiger partial charge in [0.15, 0.2) is 0 Å². The van der Waals surface area contributed by atoms with E-state index in [9.17, 15) is 32.8 Å². The molecule has 4 N–H and O–H groups in total. The van der Waals surface area contributed by atoms with E-state index in [-0.39, 0.29) is 23.8 Å². The van der Waals surface area contributed by atoms with Crippen molar-refractivity contribution in [1.29, 1.82) is 5.26 Å². The Kier molecular flexibility index (Phi) is 7.57. The lowest BCUT2D eigenvalue weighted by Crippen LogP contribution is -2.55. The van der Waals surface area contributed by atoms with E-state index in [0.717, 1.165) is 19.3 Å². The topological polar surface area (TPSA) is 123 Å². The van der Waals surface area contributed by atoms with E-state index in [4.69, 9.17) is 0 Å². The van der Waals surface area contributed by atoms with Crippen molar-refractivity contribution in [2.45, 2.75) is 76.7 Å². The summed E-state index contributed by atoms with van der Waals surface area (Å²) in [7, 11) is 0. The molecule has 0 aromatic heterocycles. The fourth-order valence-corrected chi connectivity index (χ4v) is 4.06. The van der Waals surface area contributed by atoms with Crippen molar-refractivity contribution in [1.82, 2.24) is 21.3 Å². The molecular weight excluding hydrogens is 415 g/mol. The number of alkyl halides is 3. The molecule has 1 aliphatic carbocycles. The van der Waals surface area contributed by atoms with Gasteiger partial charge >= 0.3 is 6.18 Å². The highest BCUT2D eigenvalue weighted by Gasteiger charge is 2.48. The first-order chi connectivity index (χ1) is 14.2. The van der Waals surface area contributed by atoms with Gasteiger partial charge in [-0.15, -0.1) is 0 Å². The first-order valence-electron chi connectivity index (χ1n) is 10.3. The minimum atomic E-state index is -4.48. The maximum Gasteiger partial charge on any atom is 0.401 e. The van der Waals surface area contributed by atoms with Crippen LogP contribution in [0.25, 0.3) is 0 Å². The number of nitriles is 1. The molecule has 1 saturated carbocycles. The highest BCUT2D eigenvalue weighted by atomic mass is 19.4. The molecule has 2 fully saturated rings. The number of hydrogen-bond donors (Lipinski definition) is 4. The van der Waals surface area contributed by atoms with Crippen molar-refractivity contribution in [2.24, 2.45) is 11.3 Å². The van der Waals surface area contributed by atoms with Gasteiger partial charge in [-0.05, 0) is 37.5 Å². The highest BCUT2D eigenvalue weighted by Crippen LogP contribution is 2.42. The number of carbonyl (C=O) groups excluding carboxylic acids is 3. The number of halogens is 3. The number of nitrogens with one attached hydrogen (secondary N) is 4. The van der Waals surface area contributed by atoms with E-state index in [1.807, 2.05) is 6.07 Å². The summed E-state index contributed by atoms with van der Waals surface area (Å²) in [4.78, 5) is 36.7. The number of carbonyl (C=O) groups is 3. The molecular formula is C20H30F3N5O3. The van der Waals surface area contributed by atoms with Gasteiger partial charge in [-0.1, -0.05) is 20.8 Å². The Morgan fingerprint density at radius 1 is 1.29 bits per heavy atom. The summed E-state index contributed by atoms with van der Waals surface area (Å²) in [6, 6.07) is -0.124. The molecule has 2 aliphatic rings. The van der Waals surface area contributed by atoms with Crippen LogP contribution in [0.3, 0.4) is 0 Å². The molecule has 0 bridgehead atoms. The molecule has 1 saturated heterocycles. The van der Waals surface area contributed by atoms with E-state index >= 15 is 0 Å². The number of hydrogen-bond acceptors (Lipinski definition) is 5. The van der Waals surface area contributed by atoms with Crippen LogP contribution in [0.1, 0.15) is 52.9 Å². The zero-order chi connectivity index (χ0) is 23.4. The molecule has 8 nitrogen and oxygen atoms in total. The predicted molar refractivity (Wildman–Crippen MR) is 105 cm³/mol. The van der Waals surface area contributed by atoms with E-state index in [2.05, 4.69) is 21.3 Å². The van der Waals surface area contributed by atoms with E-state index < -0.39 is 48.6 Å². The van der Waals surface area contributed by atoms with Gasteiger partial charge in [-0.25, -0.2) is 0 Å². The van der Waals surface area contributed by atoms with Gasteiger partial charge in [0.25, 0.3) is 0 Å². The summed E-state index contributed by atoms with van der Waals surface area (Å²) in [5, 5.41) is 19.3. The van der Waals surface area contributed by atoms with Crippen molar-refractivity contribution in [2.75, 3.05) is 13.1 Å². The van der Waals surface area contributed by atoms with Crippen LogP contribution in [-0.2, 0) is 14.4 Å². The molecule has 0 radical (unpaired) electrons. The van der Waals surface area contributed by atoms with Crippen LogP contribution in [0.4, 0.5) is 13.2 Å². The van der Waals surface area contributed by atoms with Crippen molar-refractivity contribution in [3.63, 3.8) is 0 Å². The second-order valence-corrected chi connectivity index (χ2v) is 9.52. The van der Waals surface area contributed by atoms with E-state index in [1.54, 1.807) is 20.8 Å². The third-order valence-electron chi connectivity index (χ3n) is 5.78. The summed E-state index contributed by atoms with van der Waals surface area (Å²) in [6.07, 6.45) is -0.787. The SMILES string of the molecule is CC(C)(C)C(NCC(F)(F)F)C(=O)NCC(=O)NC(C#N)CC1CC2(CCC2)NC1=O. The summed E-state index contributed by atoms with van der Waals surface area (Å²) in [5.74, 6) is -1.88. The van der Waals surface area contributed by atoms with Gasteiger partial charge in [0, 0.05) is 11.5 Å². The first kappa shape index (κ1) is 24.9. The van der Waals surface area contributed by atoms with Crippen molar-refractivity contribution >= 4 is 17.7 Å². The summed E-state index contributed by atoms with van der Waals surface area (Å²) >= 11 is 0. The standard InChI is InChI=1S/C20H30F3N5O3/c1-18(2,3)15(26-11-20(21,22)23)17(31)25-10-14(29)27-13(9-24)7-12-8-19(5-4-6-19)28-16(12)30/h12-13,15,26H,4-8,10-11H2,1-3H3,(H,25,31)(H,27,29)(H,28,30). The molecule has 1 spiro atoms. The fourth-order valence-electron chi connectivity index (χ4n) is 4.06. The minimum absolute atomic E-state index is 0.119. The number of nitrogens with zero attached hydrogens (tertiary/aromatic N) is 1. The number of amides is 3. The second-order valence-electron chi connectivity index (χ2n) is 9.52. The number of rotatable bonds is 8. The first-order valence-corrected chi connectivity index (χ1v) is 10.3. The lowest BCUT2D eigenvalue weighted by atomic mass is 9.74. The fraction of sp³-hybridized carbons (Fsp3) is 0.800. The molecule has 1 heterocycles. The minimum Gasteiger partial charge on any atom is -0.350 e. The zero-order valence-electron chi connectivity index (χ0n) is 18.0. The van der Waals surface area contributed by atoms with Crippen LogP contribution >= 0.6 is 0 Å². The van der Waals surface area contributed by atoms with Gasteiger partial charge in [0.1, 0.15) is 6.04 Å². The Morgan fingerprint density at radius 2 is 1.94 bits per heavy atom. The third kappa shape index (κ3) is 7.09. The lowest BCUT2D eigenvalue weighted by Gasteiger charge is -2.38. The van der Waals surface area contributed by atoms with Crippen LogP contribution in [0, 0.1) is 22.7 Å². The third-order valence-corrected chi connectivity index (χ3v) is 5.78. The normalized spacial score (nSPS) is 22.1. The Morgan fingerprint density at radius 3 is 2.39 bits per heavy atom. The van der Waals surface area contributed by atoms with E-state index in [1.165, 1.54) is 0 Å². The smallest absolute Gasteiger partial charge is 0.350 e. The summed E-state index contributed by atoms with van der Waals surface area (Å²) in [5.41, 5.74) is -0.987. The molecule has 0 aromatic carbocycles. The van der Waals surface area contributed by atoms with Crippen molar-refractivity contribution in [3.05, 3.63) is 0 Å². The van der Waals surface area contributed by atoms with Gasteiger partial charge in [-0.3, -0.25) is 19.7 Å². The molecule has 1 aliphatic heterocycles. The van der Waals surface area contributed by atoms with E-state index in [0.29, 0.717) is 6.42 Å². The average Bonchev–Trinajstić information content (AvgIpc) is 2.94. The Balaban J connectivity index is 1.83. The maximum absolute atomic E-state index is 12.5. The van der Waals surface area contributed by atoms with Crippen LogP contribution in [0.2, 0.25) is 0 Å². The van der Waals surface area contributed by atoms with Crippen molar-refractivity contribution < 1.29 is 27.6 Å². The maximum atomic E-state index is 12.5. The summed E-state index contributed by atoms with van der Waals surface area (Å²) in [6.45, 7) is 2.99. The molecule has 0 aromatic rings. The Hall–Kier alpha value is -2.35. The average molecular weight is 445 g/mol. The molecule has 31 heavy (non-hydrogen) atoms. The summed E-state index contributed by atoms with van der Waals surface area (Å²) < 4.78 is 37.5. The van der Waals surface area contributed by atoms with Crippen LogP contribution in [-0.4, -0.2) is 54.6 Å². The molecule has 3 atom stereocenters. The van der Waals surface area contributed by atoms with Gasteiger partial charge in [0.2, 0.25) is 17.7 Å². The molecule has 174 valence electrons. The van der Waals surface area contributed by atoms with Crippen LogP contribution < -0.4 is 21.3 Å². The van der Waals surface area contributed by atoms with Gasteiger partial charge in [-0.2, -0.15) is 18.4 Å². The second kappa shape index (κ2) is 9.42. The Bertz CT molecular complexity index is 738.